The first-order chi connectivity index (χ1) is 9.43. The third-order valence-electron chi connectivity index (χ3n) is 3.30. The Morgan fingerprint density at radius 3 is 2.75 bits per heavy atom. The molecule has 1 aromatic carbocycles. The third kappa shape index (κ3) is 2.97. The highest BCUT2D eigenvalue weighted by atomic mass is 79.9. The van der Waals surface area contributed by atoms with Crippen molar-refractivity contribution >= 4 is 39.4 Å². The summed E-state index contributed by atoms with van der Waals surface area (Å²) < 4.78 is 5.71. The normalized spacial score (nSPS) is 22.1. The van der Waals surface area contributed by atoms with Crippen molar-refractivity contribution in [1.29, 1.82) is 0 Å². The minimum atomic E-state index is -1.03. The molecule has 1 aliphatic heterocycles. The van der Waals surface area contributed by atoms with Crippen molar-refractivity contribution in [1.82, 2.24) is 4.90 Å². The molecule has 2 atom stereocenters. The summed E-state index contributed by atoms with van der Waals surface area (Å²) >= 11 is 9.11. The van der Waals surface area contributed by atoms with E-state index in [0.717, 1.165) is 0 Å². The van der Waals surface area contributed by atoms with Crippen LogP contribution in [0.5, 0.6) is 0 Å². The van der Waals surface area contributed by atoms with E-state index in [1.54, 1.807) is 18.2 Å². The zero-order chi connectivity index (χ0) is 14.9. The summed E-state index contributed by atoms with van der Waals surface area (Å²) in [5.41, 5.74) is 0.386. The molecule has 2 unspecified atom stereocenters. The topological polar surface area (TPSA) is 66.8 Å². The fourth-order valence-corrected chi connectivity index (χ4v) is 3.10. The second-order valence-electron chi connectivity index (χ2n) is 4.53. The van der Waals surface area contributed by atoms with E-state index in [0.29, 0.717) is 21.5 Å². The Balaban J connectivity index is 2.29. The van der Waals surface area contributed by atoms with Crippen molar-refractivity contribution in [2.75, 3.05) is 13.7 Å². The highest BCUT2D eigenvalue weighted by Gasteiger charge is 2.40. The Morgan fingerprint density at radius 1 is 1.50 bits per heavy atom. The van der Waals surface area contributed by atoms with Crippen LogP contribution in [0.1, 0.15) is 16.8 Å². The SMILES string of the molecule is COC1CC(C(=O)O)N(C(=O)c2ccc(Cl)cc2Br)C1. The minimum Gasteiger partial charge on any atom is -0.480 e. The van der Waals surface area contributed by atoms with Crippen LogP contribution in [0.2, 0.25) is 5.02 Å². The molecule has 1 heterocycles. The van der Waals surface area contributed by atoms with E-state index >= 15 is 0 Å². The number of hydrogen-bond acceptors (Lipinski definition) is 3. The van der Waals surface area contributed by atoms with Gasteiger partial charge in [0.15, 0.2) is 0 Å². The molecule has 1 fully saturated rings. The average molecular weight is 363 g/mol. The maximum Gasteiger partial charge on any atom is 0.326 e. The van der Waals surface area contributed by atoms with Gasteiger partial charge in [0.05, 0.1) is 11.7 Å². The number of aliphatic carboxylic acids is 1. The van der Waals surface area contributed by atoms with Crippen molar-refractivity contribution in [3.8, 4) is 0 Å². The Morgan fingerprint density at radius 2 is 2.20 bits per heavy atom. The van der Waals surface area contributed by atoms with E-state index in [9.17, 15) is 14.7 Å². The van der Waals surface area contributed by atoms with Crippen molar-refractivity contribution in [3.05, 3.63) is 33.3 Å². The number of halogens is 2. The molecule has 1 N–H and O–H groups in total. The predicted molar refractivity (Wildman–Crippen MR) is 77.0 cm³/mol. The van der Waals surface area contributed by atoms with Crippen LogP contribution < -0.4 is 0 Å². The number of carboxylic acids is 1. The molecular weight excluding hydrogens is 350 g/mol. The van der Waals surface area contributed by atoms with Gasteiger partial charge in [-0.15, -0.1) is 0 Å². The number of carbonyl (C=O) groups excluding carboxylic acids is 1. The zero-order valence-electron chi connectivity index (χ0n) is 10.7. The molecule has 0 aromatic heterocycles. The molecule has 20 heavy (non-hydrogen) atoms. The van der Waals surface area contributed by atoms with Gasteiger partial charge >= 0.3 is 5.97 Å². The lowest BCUT2D eigenvalue weighted by Gasteiger charge is -2.21. The Labute approximate surface area is 129 Å². The quantitative estimate of drug-likeness (QED) is 0.897. The van der Waals surface area contributed by atoms with Gasteiger partial charge in [0, 0.05) is 29.6 Å². The highest BCUT2D eigenvalue weighted by Crippen LogP contribution is 2.27. The molecule has 1 aromatic rings. The van der Waals surface area contributed by atoms with Crippen molar-refractivity contribution in [3.63, 3.8) is 0 Å². The van der Waals surface area contributed by atoms with Gasteiger partial charge < -0.3 is 14.7 Å². The van der Waals surface area contributed by atoms with E-state index in [1.165, 1.54) is 12.0 Å². The number of amides is 1. The molecular formula is C13H13BrClNO4. The zero-order valence-corrected chi connectivity index (χ0v) is 13.0. The second kappa shape index (κ2) is 6.11. The van der Waals surface area contributed by atoms with Crippen molar-refractivity contribution in [2.24, 2.45) is 0 Å². The molecule has 0 saturated carbocycles. The first-order valence-electron chi connectivity index (χ1n) is 5.95. The van der Waals surface area contributed by atoms with E-state index < -0.39 is 12.0 Å². The van der Waals surface area contributed by atoms with Crippen LogP contribution in [-0.2, 0) is 9.53 Å². The number of methoxy groups -OCH3 is 1. The summed E-state index contributed by atoms with van der Waals surface area (Å²) in [4.78, 5) is 25.1. The Bertz CT molecular complexity index is 551. The number of benzene rings is 1. The van der Waals surface area contributed by atoms with Crippen LogP contribution in [0.25, 0.3) is 0 Å². The smallest absolute Gasteiger partial charge is 0.326 e. The van der Waals surface area contributed by atoms with Gasteiger partial charge in [-0.05, 0) is 34.1 Å². The van der Waals surface area contributed by atoms with Crippen LogP contribution in [0.4, 0.5) is 0 Å². The van der Waals surface area contributed by atoms with Gasteiger partial charge in [-0.25, -0.2) is 4.79 Å². The maximum absolute atomic E-state index is 12.5. The Hall–Kier alpha value is -1.11. The van der Waals surface area contributed by atoms with E-state index in [4.69, 9.17) is 16.3 Å². The van der Waals surface area contributed by atoms with Crippen molar-refractivity contribution < 1.29 is 19.4 Å². The summed E-state index contributed by atoms with van der Waals surface area (Å²) in [7, 11) is 1.51. The lowest BCUT2D eigenvalue weighted by atomic mass is 10.1. The van der Waals surface area contributed by atoms with Gasteiger partial charge in [-0.1, -0.05) is 11.6 Å². The van der Waals surface area contributed by atoms with E-state index in [2.05, 4.69) is 15.9 Å². The number of carbonyl (C=O) groups is 2. The number of ether oxygens (including phenoxy) is 1. The monoisotopic (exact) mass is 361 g/mol. The number of rotatable bonds is 3. The molecule has 1 amide bonds. The summed E-state index contributed by atoms with van der Waals surface area (Å²) in [6.45, 7) is 0.265. The summed E-state index contributed by atoms with van der Waals surface area (Å²) in [6.07, 6.45) is 0.0362. The molecule has 7 heteroatoms. The lowest BCUT2D eigenvalue weighted by Crippen LogP contribution is -2.40. The van der Waals surface area contributed by atoms with E-state index in [-0.39, 0.29) is 18.6 Å². The Kier molecular flexibility index (Phi) is 4.67. The van der Waals surface area contributed by atoms with Gasteiger partial charge in [0.1, 0.15) is 6.04 Å². The first kappa shape index (κ1) is 15.3. The van der Waals surface area contributed by atoms with Gasteiger partial charge in [-0.3, -0.25) is 4.79 Å². The van der Waals surface area contributed by atoms with Crippen molar-refractivity contribution in [2.45, 2.75) is 18.6 Å². The number of carboxylic acid groups (broad SMARTS) is 1. The summed E-state index contributed by atoms with van der Waals surface area (Å²) in [6, 6.07) is 3.91. The van der Waals surface area contributed by atoms with Crippen LogP contribution >= 0.6 is 27.5 Å². The molecule has 0 radical (unpaired) electrons. The first-order valence-corrected chi connectivity index (χ1v) is 7.12. The van der Waals surface area contributed by atoms with Crippen LogP contribution in [0.15, 0.2) is 22.7 Å². The molecule has 0 bridgehead atoms. The minimum absolute atomic E-state index is 0.258. The second-order valence-corrected chi connectivity index (χ2v) is 5.82. The summed E-state index contributed by atoms with van der Waals surface area (Å²) in [5.74, 6) is -1.37. The number of likely N-dealkylation sites (tertiary alicyclic amines) is 1. The fourth-order valence-electron chi connectivity index (χ4n) is 2.24. The largest absolute Gasteiger partial charge is 0.480 e. The fraction of sp³-hybridized carbons (Fsp3) is 0.385. The van der Waals surface area contributed by atoms with Crippen LogP contribution in [-0.4, -0.2) is 47.7 Å². The lowest BCUT2D eigenvalue weighted by molar-refractivity contribution is -0.141. The van der Waals surface area contributed by atoms with E-state index in [1.807, 2.05) is 0 Å². The highest BCUT2D eigenvalue weighted by molar-refractivity contribution is 9.10. The maximum atomic E-state index is 12.5. The molecule has 1 aliphatic rings. The molecule has 108 valence electrons. The predicted octanol–water partition coefficient (Wildman–Crippen LogP) is 2.42. The average Bonchev–Trinajstić information content (AvgIpc) is 2.82. The standard InChI is InChI=1S/C13H13BrClNO4/c1-20-8-5-11(13(18)19)16(6-8)12(17)9-3-2-7(15)4-10(9)14/h2-4,8,11H,5-6H2,1H3,(H,18,19). The molecule has 0 spiro atoms. The number of hydrogen-bond donors (Lipinski definition) is 1. The van der Waals surface area contributed by atoms with Gasteiger partial charge in [0.25, 0.3) is 5.91 Å². The molecule has 0 aliphatic carbocycles. The van der Waals surface area contributed by atoms with Gasteiger partial charge in [-0.2, -0.15) is 0 Å². The third-order valence-corrected chi connectivity index (χ3v) is 4.19. The molecule has 5 nitrogen and oxygen atoms in total. The van der Waals surface area contributed by atoms with Crippen LogP contribution in [0, 0.1) is 0 Å². The number of nitrogens with zero attached hydrogens (tertiary/aromatic N) is 1. The summed E-state index contributed by atoms with van der Waals surface area (Å²) in [5, 5.41) is 9.72. The van der Waals surface area contributed by atoms with Crippen LogP contribution in [0.3, 0.4) is 0 Å². The molecule has 1 saturated heterocycles. The molecule has 2 rings (SSSR count). The van der Waals surface area contributed by atoms with Gasteiger partial charge in [0.2, 0.25) is 0 Å².